The smallest absolute Gasteiger partial charge is 0.246 e. The number of halogens is 3. The Morgan fingerprint density at radius 1 is 1.04 bits per heavy atom. The molecule has 134 valence electrons. The number of aryl methyl sites for hydroxylation is 1. The first-order chi connectivity index (χ1) is 12.5. The number of carbonyl (C=O) groups is 1. The van der Waals surface area contributed by atoms with Crippen molar-refractivity contribution in [1.29, 1.82) is 0 Å². The van der Waals surface area contributed by atoms with Crippen molar-refractivity contribution >= 4 is 40.7 Å². The number of carbonyl (C=O) groups excluding carboxylic acids is 1. The molecule has 0 unspecified atom stereocenters. The van der Waals surface area contributed by atoms with E-state index in [9.17, 15) is 4.79 Å². The fourth-order valence-corrected chi connectivity index (χ4v) is 2.71. The Morgan fingerprint density at radius 3 is 2.54 bits per heavy atom. The first-order valence-corrected chi connectivity index (χ1v) is 8.94. The van der Waals surface area contributed by atoms with Crippen molar-refractivity contribution in [2.75, 3.05) is 0 Å². The van der Waals surface area contributed by atoms with Gasteiger partial charge < -0.3 is 9.84 Å². The summed E-state index contributed by atoms with van der Waals surface area (Å²) in [7, 11) is 0. The highest BCUT2D eigenvalue weighted by molar-refractivity contribution is 6.42. The Balaban J connectivity index is 1.50. The predicted octanol–water partition coefficient (Wildman–Crippen LogP) is 4.95. The van der Waals surface area contributed by atoms with Crippen LogP contribution in [0.25, 0.3) is 11.4 Å². The topological polar surface area (TPSA) is 68.0 Å². The van der Waals surface area contributed by atoms with Gasteiger partial charge >= 0.3 is 0 Å². The van der Waals surface area contributed by atoms with E-state index >= 15 is 0 Å². The van der Waals surface area contributed by atoms with E-state index in [4.69, 9.17) is 39.3 Å². The minimum atomic E-state index is -0.123. The van der Waals surface area contributed by atoms with Crippen molar-refractivity contribution in [2.24, 2.45) is 0 Å². The quantitative estimate of drug-likeness (QED) is 0.624. The van der Waals surface area contributed by atoms with Crippen LogP contribution < -0.4 is 5.32 Å². The van der Waals surface area contributed by atoms with Gasteiger partial charge in [0.25, 0.3) is 0 Å². The van der Waals surface area contributed by atoms with Crippen LogP contribution in [0.2, 0.25) is 15.1 Å². The highest BCUT2D eigenvalue weighted by Gasteiger charge is 2.10. The molecule has 0 aliphatic rings. The summed E-state index contributed by atoms with van der Waals surface area (Å²) in [6.07, 6.45) is 0.874. The van der Waals surface area contributed by atoms with E-state index in [-0.39, 0.29) is 12.5 Å². The second-order valence-corrected chi connectivity index (χ2v) is 6.79. The average Bonchev–Trinajstić information content (AvgIpc) is 3.10. The zero-order chi connectivity index (χ0) is 18.5. The van der Waals surface area contributed by atoms with E-state index in [1.54, 1.807) is 36.4 Å². The van der Waals surface area contributed by atoms with Crippen molar-refractivity contribution in [3.8, 4) is 11.4 Å². The van der Waals surface area contributed by atoms with E-state index in [2.05, 4.69) is 15.5 Å². The van der Waals surface area contributed by atoms with E-state index < -0.39 is 0 Å². The maximum Gasteiger partial charge on any atom is 0.246 e. The molecule has 0 fully saturated rings. The summed E-state index contributed by atoms with van der Waals surface area (Å²) in [5.74, 6) is 0.655. The van der Waals surface area contributed by atoms with Gasteiger partial charge in [0.05, 0.1) is 16.6 Å². The summed E-state index contributed by atoms with van der Waals surface area (Å²) in [6.45, 7) is 0.167. The highest BCUT2D eigenvalue weighted by atomic mass is 35.5. The molecule has 3 rings (SSSR count). The van der Waals surface area contributed by atoms with E-state index in [0.717, 1.165) is 11.1 Å². The lowest BCUT2D eigenvalue weighted by molar-refractivity contribution is -0.121. The molecule has 0 atom stereocenters. The Bertz CT molecular complexity index is 910. The Hall–Kier alpha value is -2.08. The third-order valence-corrected chi connectivity index (χ3v) is 4.62. The predicted molar refractivity (Wildman–Crippen MR) is 101 cm³/mol. The van der Waals surface area contributed by atoms with Gasteiger partial charge in [-0.25, -0.2) is 0 Å². The number of benzene rings is 2. The molecule has 8 heteroatoms. The van der Waals surface area contributed by atoms with Crippen LogP contribution in [0, 0.1) is 0 Å². The fraction of sp³-hybridized carbons (Fsp3) is 0.167. The Kier molecular flexibility index (Phi) is 6.14. The average molecular weight is 411 g/mol. The summed E-state index contributed by atoms with van der Waals surface area (Å²) in [5, 5.41) is 8.25. The molecule has 2 aromatic carbocycles. The van der Waals surface area contributed by atoms with Crippen LogP contribution in [0.15, 0.2) is 47.0 Å². The van der Waals surface area contributed by atoms with Gasteiger partial charge in [-0.3, -0.25) is 4.79 Å². The molecule has 0 radical (unpaired) electrons. The van der Waals surface area contributed by atoms with Crippen LogP contribution in [0.1, 0.15) is 17.9 Å². The van der Waals surface area contributed by atoms with Gasteiger partial charge in [0.2, 0.25) is 17.6 Å². The van der Waals surface area contributed by atoms with Crippen LogP contribution in [-0.2, 0) is 17.8 Å². The van der Waals surface area contributed by atoms with Crippen molar-refractivity contribution < 1.29 is 9.32 Å². The van der Waals surface area contributed by atoms with E-state index in [1.807, 2.05) is 6.07 Å². The standard InChI is InChI=1S/C18H14Cl3N3O2/c19-13-5-3-12(4-6-13)18-23-17(26-24-18)10-22-16(25)8-2-11-1-7-14(20)15(21)9-11/h1,3-7,9H,2,8,10H2,(H,22,25). The minimum absolute atomic E-state index is 0.123. The Morgan fingerprint density at radius 2 is 1.81 bits per heavy atom. The summed E-state index contributed by atoms with van der Waals surface area (Å²) in [5.41, 5.74) is 1.73. The molecular weight excluding hydrogens is 397 g/mol. The van der Waals surface area contributed by atoms with Crippen LogP contribution >= 0.6 is 34.8 Å². The number of amides is 1. The first-order valence-electron chi connectivity index (χ1n) is 7.80. The van der Waals surface area contributed by atoms with Gasteiger partial charge in [-0.2, -0.15) is 4.98 Å². The lowest BCUT2D eigenvalue weighted by Gasteiger charge is -2.04. The van der Waals surface area contributed by atoms with Gasteiger partial charge in [-0.15, -0.1) is 0 Å². The summed E-state index contributed by atoms with van der Waals surface area (Å²) >= 11 is 17.7. The largest absolute Gasteiger partial charge is 0.347 e. The van der Waals surface area contributed by atoms with Crippen LogP contribution in [-0.4, -0.2) is 16.0 Å². The minimum Gasteiger partial charge on any atom is -0.347 e. The third-order valence-electron chi connectivity index (χ3n) is 3.63. The van der Waals surface area contributed by atoms with Crippen molar-refractivity contribution in [3.63, 3.8) is 0 Å². The summed E-state index contributed by atoms with van der Waals surface area (Å²) < 4.78 is 5.15. The van der Waals surface area contributed by atoms with Gasteiger partial charge in [0.1, 0.15) is 0 Å². The lowest BCUT2D eigenvalue weighted by Crippen LogP contribution is -2.23. The lowest BCUT2D eigenvalue weighted by atomic mass is 10.1. The number of hydrogen-bond donors (Lipinski definition) is 1. The molecule has 0 saturated heterocycles. The molecule has 0 bridgehead atoms. The van der Waals surface area contributed by atoms with E-state index in [0.29, 0.717) is 39.6 Å². The second kappa shape index (κ2) is 8.54. The molecule has 26 heavy (non-hydrogen) atoms. The van der Waals surface area contributed by atoms with Crippen molar-refractivity contribution in [2.45, 2.75) is 19.4 Å². The molecule has 1 N–H and O–H groups in total. The number of nitrogens with one attached hydrogen (secondary N) is 1. The molecular formula is C18H14Cl3N3O2. The molecule has 1 heterocycles. The normalized spacial score (nSPS) is 10.7. The fourth-order valence-electron chi connectivity index (χ4n) is 2.26. The number of aromatic nitrogens is 2. The summed E-state index contributed by atoms with van der Waals surface area (Å²) in [6, 6.07) is 12.4. The maximum absolute atomic E-state index is 12.0. The SMILES string of the molecule is O=C(CCc1ccc(Cl)c(Cl)c1)NCc1nc(-c2ccc(Cl)cc2)no1. The zero-order valence-corrected chi connectivity index (χ0v) is 15.8. The number of nitrogens with zero attached hydrogens (tertiary/aromatic N) is 2. The molecule has 0 spiro atoms. The molecule has 1 amide bonds. The van der Waals surface area contributed by atoms with Crippen LogP contribution in [0.3, 0.4) is 0 Å². The van der Waals surface area contributed by atoms with Gasteiger partial charge in [-0.1, -0.05) is 46.0 Å². The molecule has 0 aliphatic carbocycles. The van der Waals surface area contributed by atoms with Gasteiger partial charge in [0.15, 0.2) is 0 Å². The van der Waals surface area contributed by atoms with Gasteiger partial charge in [0, 0.05) is 17.0 Å². The first kappa shape index (κ1) is 18.7. The maximum atomic E-state index is 12.0. The zero-order valence-electron chi connectivity index (χ0n) is 13.5. The number of hydrogen-bond acceptors (Lipinski definition) is 4. The van der Waals surface area contributed by atoms with Crippen molar-refractivity contribution in [3.05, 3.63) is 69.0 Å². The molecule has 5 nitrogen and oxygen atoms in total. The third kappa shape index (κ3) is 4.97. The molecule has 3 aromatic rings. The van der Waals surface area contributed by atoms with Crippen LogP contribution in [0.5, 0.6) is 0 Å². The summed E-state index contributed by atoms with van der Waals surface area (Å²) in [4.78, 5) is 16.2. The second-order valence-electron chi connectivity index (χ2n) is 5.54. The highest BCUT2D eigenvalue weighted by Crippen LogP contribution is 2.23. The van der Waals surface area contributed by atoms with Gasteiger partial charge in [-0.05, 0) is 48.4 Å². The van der Waals surface area contributed by atoms with Crippen LogP contribution in [0.4, 0.5) is 0 Å². The number of rotatable bonds is 6. The monoisotopic (exact) mass is 409 g/mol. The Labute approximate surface area is 165 Å². The van der Waals surface area contributed by atoms with Crippen molar-refractivity contribution in [1.82, 2.24) is 15.5 Å². The molecule has 0 aliphatic heterocycles. The molecule has 0 saturated carbocycles. The van der Waals surface area contributed by atoms with E-state index in [1.165, 1.54) is 0 Å². The molecule has 1 aromatic heterocycles.